The number of aromatic nitrogens is 2. The topological polar surface area (TPSA) is 90.6 Å². The zero-order chi connectivity index (χ0) is 47.9. The lowest BCUT2D eigenvalue weighted by molar-refractivity contribution is -0.231. The van der Waals surface area contributed by atoms with Crippen molar-refractivity contribution in [2.24, 2.45) is 5.73 Å². The molecule has 65 heavy (non-hydrogen) atoms. The second-order valence-corrected chi connectivity index (χ2v) is 17.2. The highest BCUT2D eigenvalue weighted by molar-refractivity contribution is 5.82. The van der Waals surface area contributed by atoms with Crippen molar-refractivity contribution in [3.8, 4) is 11.5 Å². The van der Waals surface area contributed by atoms with Crippen molar-refractivity contribution >= 4 is 28.6 Å². The summed E-state index contributed by atoms with van der Waals surface area (Å²) in [6.45, 7) is 8.61. The largest absolute Gasteiger partial charge is 0.496 e. The summed E-state index contributed by atoms with van der Waals surface area (Å²) in [5.41, 5.74) is 2.16. The Hall–Kier alpha value is -5.67. The van der Waals surface area contributed by atoms with E-state index in [1.165, 1.54) is 82.0 Å². The molecule has 2 unspecified atom stereocenters. The summed E-state index contributed by atoms with van der Waals surface area (Å²) in [4.78, 5) is 17.7. The van der Waals surface area contributed by atoms with Crippen molar-refractivity contribution in [2.75, 3.05) is 28.3 Å². The van der Waals surface area contributed by atoms with Gasteiger partial charge in [-0.1, -0.05) is 71.5 Å². The van der Waals surface area contributed by atoms with Gasteiger partial charge < -0.3 is 20.0 Å². The zero-order valence-electron chi connectivity index (χ0n) is 37.1. The van der Waals surface area contributed by atoms with Gasteiger partial charge in [-0.05, 0) is 116 Å². The Kier molecular flexibility index (Phi) is 17.4. The van der Waals surface area contributed by atoms with Gasteiger partial charge in [0.05, 0.1) is 25.3 Å². The van der Waals surface area contributed by atoms with E-state index in [-0.39, 0.29) is 20.3 Å². The van der Waals surface area contributed by atoms with Gasteiger partial charge in [0.1, 0.15) is 41.0 Å². The predicted molar refractivity (Wildman–Crippen MR) is 241 cm³/mol. The normalized spacial score (nSPS) is 13.9. The molecule has 0 aliphatic heterocycles. The molecule has 0 radical (unpaired) electrons. The number of para-hydroxylation sites is 2. The Morgan fingerprint density at radius 3 is 1.38 bits per heavy atom. The number of hydrogen-bond donors (Lipinski definition) is 1. The van der Waals surface area contributed by atoms with Gasteiger partial charge in [-0.2, -0.15) is 26.3 Å². The summed E-state index contributed by atoms with van der Waals surface area (Å²) >= 11 is 0. The molecule has 2 N–H and O–H groups in total. The molecule has 7 nitrogen and oxygen atoms in total. The van der Waals surface area contributed by atoms with Crippen LogP contribution in [-0.2, 0) is 28.5 Å². The third-order valence-corrected chi connectivity index (χ3v) is 11.7. The molecule has 0 aliphatic carbocycles. The lowest BCUT2D eigenvalue weighted by atomic mass is 9.70. The molecule has 352 valence electrons. The second kappa shape index (κ2) is 21.1. The van der Waals surface area contributed by atoms with Crippen molar-refractivity contribution < 1.29 is 49.4 Å². The first kappa shape index (κ1) is 53.7. The van der Waals surface area contributed by atoms with Crippen LogP contribution >= 0.6 is 0 Å². The average Bonchev–Trinajstić information content (AvgIpc) is 3.23. The van der Waals surface area contributed by atoms with Crippen molar-refractivity contribution in [2.45, 2.75) is 95.1 Å². The average molecular weight is 915 g/mol. The summed E-state index contributed by atoms with van der Waals surface area (Å²) < 4.78 is 126. The molecule has 4 aromatic carbocycles. The van der Waals surface area contributed by atoms with E-state index in [1.807, 2.05) is 6.79 Å². The Balaban J connectivity index is 0.000000328. The van der Waals surface area contributed by atoms with Crippen LogP contribution in [0.15, 0.2) is 109 Å². The maximum absolute atomic E-state index is 14.9. The quantitative estimate of drug-likeness (QED) is 0.115. The van der Waals surface area contributed by atoms with Gasteiger partial charge in [-0.15, -0.1) is 0 Å². The highest BCUT2D eigenvalue weighted by Crippen LogP contribution is 2.48. The first-order valence-corrected chi connectivity index (χ1v) is 20.1. The smallest absolute Gasteiger partial charge is 0.407 e. The lowest BCUT2D eigenvalue weighted by Gasteiger charge is -2.46. The maximum atomic E-state index is 14.9. The molecule has 2 aromatic heterocycles. The van der Waals surface area contributed by atoms with Gasteiger partial charge in [0.25, 0.3) is 0 Å². The van der Waals surface area contributed by atoms with Gasteiger partial charge in [0.2, 0.25) is 0 Å². The molecule has 2 atom stereocenters. The van der Waals surface area contributed by atoms with E-state index >= 15 is 0 Å². The number of hydrogen-bond acceptors (Lipinski definition) is 7. The number of methoxy groups -OCH3 is 2. The Labute approximate surface area is 376 Å². The Morgan fingerprint density at radius 1 is 0.600 bits per heavy atom. The van der Waals surface area contributed by atoms with Crippen LogP contribution in [-0.4, -0.2) is 73.4 Å². The molecular weight excluding hydrogens is 857 g/mol. The summed E-state index contributed by atoms with van der Waals surface area (Å²) in [5.74, 6) is -0.383. The van der Waals surface area contributed by atoms with E-state index in [1.54, 1.807) is 88.4 Å². The molecule has 0 fully saturated rings. The van der Waals surface area contributed by atoms with Crippen LogP contribution in [0.4, 0.5) is 35.1 Å². The molecule has 2 heterocycles. The molecular formula is C50H58F8N4O3. The highest BCUT2D eigenvalue weighted by atomic mass is 19.4. The van der Waals surface area contributed by atoms with Gasteiger partial charge in [-0.25, -0.2) is 8.78 Å². The van der Waals surface area contributed by atoms with Crippen molar-refractivity contribution in [1.82, 2.24) is 14.9 Å². The molecule has 0 spiro atoms. The number of carbonyl (C=O) groups excluding carboxylic acids is 1. The zero-order valence-corrected chi connectivity index (χ0v) is 37.1. The number of pyridine rings is 2. The molecule has 6 aromatic rings. The number of likely N-dealkylation sites (N-methyl/N-ethyl adjacent to an activating group) is 1. The molecule has 0 amide bonds. The predicted octanol–water partition coefficient (Wildman–Crippen LogP) is 12.2. The number of rotatable bonds is 13. The standard InChI is InChI=1S/C25H28F4N2O.C23H24F4N2O.CH2O.CH4/c1-23(2,20-14-18(26)10-11-22(20)32-5)16-24(31(3)4,25(27,28)29)15-17-12-13-30-21-9-7-6-8-19(17)21;1-21(2,18-12-16(24)8-9-20(18)30-3)14-22(28,23(25,26)27)13-15-10-11-29-19-7-5-4-6-17(15)19;1-2;/h6-14H,15-16H2,1-5H3;4-12H,13-14,28H2,1-3H3;1H2;1H4. The number of ether oxygens (including phenoxy) is 2. The number of fused-ring (bicyclic) bond motifs is 2. The minimum absolute atomic E-state index is 0. The monoisotopic (exact) mass is 914 g/mol. The van der Waals surface area contributed by atoms with E-state index < -0.39 is 58.7 Å². The Bertz CT molecular complexity index is 2500. The van der Waals surface area contributed by atoms with Crippen LogP contribution in [0.2, 0.25) is 0 Å². The van der Waals surface area contributed by atoms with Crippen LogP contribution in [0.5, 0.6) is 11.5 Å². The van der Waals surface area contributed by atoms with Gasteiger partial charge in [-0.3, -0.25) is 14.9 Å². The van der Waals surface area contributed by atoms with Gasteiger partial charge in [0.15, 0.2) is 0 Å². The first-order chi connectivity index (χ1) is 29.9. The van der Waals surface area contributed by atoms with Gasteiger partial charge >= 0.3 is 12.4 Å². The molecule has 0 aliphatic rings. The third kappa shape index (κ3) is 12.0. The second-order valence-electron chi connectivity index (χ2n) is 17.2. The summed E-state index contributed by atoms with van der Waals surface area (Å²) in [7, 11) is 5.71. The molecule has 0 saturated carbocycles. The summed E-state index contributed by atoms with van der Waals surface area (Å²) in [6.07, 6.45) is -7.68. The van der Waals surface area contributed by atoms with Crippen LogP contribution in [0, 0.1) is 11.6 Å². The van der Waals surface area contributed by atoms with Crippen LogP contribution in [0.3, 0.4) is 0 Å². The van der Waals surface area contributed by atoms with Crippen LogP contribution in [0.1, 0.15) is 70.2 Å². The minimum atomic E-state index is -4.69. The lowest BCUT2D eigenvalue weighted by Crippen LogP contribution is -2.60. The van der Waals surface area contributed by atoms with Crippen molar-refractivity contribution in [3.63, 3.8) is 0 Å². The number of alkyl halides is 6. The summed E-state index contributed by atoms with van der Waals surface area (Å²) in [6, 6.07) is 25.2. The van der Waals surface area contributed by atoms with E-state index in [0.717, 1.165) is 0 Å². The maximum Gasteiger partial charge on any atom is 0.407 e. The third-order valence-electron chi connectivity index (χ3n) is 11.7. The first-order valence-electron chi connectivity index (χ1n) is 20.1. The van der Waals surface area contributed by atoms with Crippen molar-refractivity contribution in [1.29, 1.82) is 0 Å². The number of carbonyl (C=O) groups is 1. The fourth-order valence-electron chi connectivity index (χ4n) is 8.50. The van der Waals surface area contributed by atoms with E-state index in [9.17, 15) is 35.1 Å². The minimum Gasteiger partial charge on any atom is -0.496 e. The molecule has 6 rings (SSSR count). The number of nitrogens with two attached hydrogens (primary N) is 1. The van der Waals surface area contributed by atoms with E-state index in [4.69, 9.17) is 20.0 Å². The SMILES string of the molecule is C.C=O.COc1ccc(F)cc1C(C)(C)CC(Cc1ccnc2ccccc12)(N(C)C)C(F)(F)F.COc1ccc(F)cc1C(C)(C)CC(N)(Cc1ccnc2ccccc12)C(F)(F)F. The fourth-order valence-corrected chi connectivity index (χ4v) is 8.50. The molecule has 0 bridgehead atoms. The van der Waals surface area contributed by atoms with Crippen LogP contribution in [0.25, 0.3) is 21.8 Å². The van der Waals surface area contributed by atoms with E-state index in [2.05, 4.69) is 9.97 Å². The molecule has 15 heteroatoms. The van der Waals surface area contributed by atoms with Crippen LogP contribution < -0.4 is 15.2 Å². The number of benzene rings is 4. The molecule has 0 saturated heterocycles. The number of halogens is 8. The Morgan fingerprint density at radius 2 is 1.00 bits per heavy atom. The van der Waals surface area contributed by atoms with Crippen molar-refractivity contribution in [3.05, 3.63) is 143 Å². The van der Waals surface area contributed by atoms with E-state index in [0.29, 0.717) is 55.6 Å². The fraction of sp³-hybridized carbons (Fsp3) is 0.380. The highest BCUT2D eigenvalue weighted by Gasteiger charge is 2.59. The summed E-state index contributed by atoms with van der Waals surface area (Å²) in [5, 5.41) is 1.31. The number of nitrogens with zero attached hydrogens (tertiary/aromatic N) is 3. The van der Waals surface area contributed by atoms with Gasteiger partial charge in [0, 0.05) is 40.7 Å².